The Kier molecular flexibility index (Phi) is 19.0. The van der Waals surface area contributed by atoms with Gasteiger partial charge in [0.25, 0.3) is 50.6 Å². The number of nitrogen functional groups attached to an aromatic ring is 3. The third-order valence-corrected chi connectivity index (χ3v) is 19.4. The van der Waals surface area contributed by atoms with Crippen molar-refractivity contribution < 1.29 is 121 Å². The third-order valence-electron chi connectivity index (χ3n) is 10.7. The van der Waals surface area contributed by atoms with Gasteiger partial charge in [-0.2, -0.15) is 69.2 Å². The third kappa shape index (κ3) is 16.5. The summed E-state index contributed by atoms with van der Waals surface area (Å²) in [5, 5.41) is 39.1. The van der Waals surface area contributed by atoms with E-state index in [-0.39, 0.29) is 16.6 Å². The smallest absolute Gasteiger partial charge is 0.397 e. The number of phenolic OH excluding ortho intramolecular Hbond substituents is 1. The van der Waals surface area contributed by atoms with Crippen LogP contribution < -0.4 is 17.2 Å². The van der Waals surface area contributed by atoms with E-state index >= 15 is 0 Å². The number of anilines is 3. The molecule has 0 saturated heterocycles. The Hall–Kier alpha value is -7.63. The number of azo groups is 4. The fourth-order valence-electron chi connectivity index (χ4n) is 6.89. The van der Waals surface area contributed by atoms with Crippen LogP contribution in [0.3, 0.4) is 0 Å². The number of benzene rings is 6. The van der Waals surface area contributed by atoms with Crippen LogP contribution in [0, 0.1) is 0 Å². The number of sulfone groups is 2. The van der Waals surface area contributed by atoms with Crippen LogP contribution in [0.25, 0.3) is 10.8 Å². The Morgan fingerprint density at radius 1 is 0.360 bits per heavy atom. The maximum Gasteiger partial charge on any atom is 0.397 e. The van der Waals surface area contributed by atoms with Gasteiger partial charge in [-0.3, -0.25) is 31.9 Å². The van der Waals surface area contributed by atoms with E-state index in [1.165, 1.54) is 0 Å². The van der Waals surface area contributed by atoms with E-state index in [1.807, 2.05) is 0 Å². The Morgan fingerprint density at radius 3 is 1.30 bits per heavy atom. The summed E-state index contributed by atoms with van der Waals surface area (Å²) < 4.78 is 296. The maximum atomic E-state index is 12.8. The number of hydrogen-bond acceptors (Lipinski definition) is 32. The van der Waals surface area contributed by atoms with Crippen LogP contribution in [-0.2, 0) is 99.4 Å². The van der Waals surface area contributed by atoms with Gasteiger partial charge in [0.05, 0.1) is 68.3 Å². The molecule has 0 fully saturated rings. The largest absolute Gasteiger partial charge is 0.505 e. The standard InChI is InChI=1S/C38H35N11O28S9/c39-32-25(46-42-19-1-4-21(5-2-19)78(51,52)11-9-76-85(70,71)72)17-28(82(61,62)63)33(40)37(32)49-43-20-3-8-26(80(55,56)57)24(15-20)45-48-36-30(84(67,68)69)14-18-13-29(83(64,65)66)35(34(41)31(18)38(36)50)47-44-23-7-6-22(16-27(23)81(58,59)60)79(53,54)12-10-77-86(73,74)75/h1-8,13-17,50H,9-12,39-41H2,(H,55,56,57)(H,58,59,60)(H,61,62,63)(H,64,65,66)(H,67,68,69)(H,70,71,72)(H,73,74,75)/b46-42+,47-44+,48-45+,49-43+. The minimum atomic E-state index is -5.68. The molecule has 48 heteroatoms. The Labute approximate surface area is 484 Å². The summed E-state index contributed by atoms with van der Waals surface area (Å²) in [6.07, 6.45) is 0. The van der Waals surface area contributed by atoms with E-state index in [2.05, 4.69) is 49.3 Å². The average Bonchev–Trinajstić information content (AvgIpc) is 0.790. The lowest BCUT2D eigenvalue weighted by atomic mass is 10.1. The van der Waals surface area contributed by atoms with Crippen LogP contribution >= 0.6 is 0 Å². The number of hydrogen-bond donors (Lipinski definition) is 11. The summed E-state index contributed by atoms with van der Waals surface area (Å²) in [6, 6.07) is 8.85. The van der Waals surface area contributed by atoms with E-state index < -0.39 is 219 Å². The summed E-state index contributed by atoms with van der Waals surface area (Å²) in [5.41, 5.74) is 8.90. The van der Waals surface area contributed by atoms with Crippen molar-refractivity contribution in [2.45, 2.75) is 34.3 Å². The molecule has 0 radical (unpaired) electrons. The molecule has 6 rings (SSSR count). The molecule has 0 aromatic heterocycles. The van der Waals surface area contributed by atoms with Crippen molar-refractivity contribution in [3.63, 3.8) is 0 Å². The van der Waals surface area contributed by atoms with Gasteiger partial charge in [-0.15, -0.1) is 30.7 Å². The summed E-state index contributed by atoms with van der Waals surface area (Å²) in [7, 11) is -46.5. The molecule has 0 unspecified atom stereocenters. The Balaban J connectivity index is 1.45. The molecule has 14 N–H and O–H groups in total. The minimum Gasteiger partial charge on any atom is -0.505 e. The van der Waals surface area contributed by atoms with Crippen molar-refractivity contribution in [1.29, 1.82) is 0 Å². The van der Waals surface area contributed by atoms with Crippen LogP contribution in [0.4, 0.5) is 62.6 Å². The average molecular weight is 1380 g/mol. The molecule has 6 aromatic carbocycles. The molecule has 0 aliphatic carbocycles. The summed E-state index contributed by atoms with van der Waals surface area (Å²) in [4.78, 5) is -7.87. The quantitative estimate of drug-likeness (QED) is 0.0241. The SMILES string of the molecule is Nc1c(/N=N/c2ccc(S(=O)(=O)CCOS(=O)(=O)O)cc2)cc(S(=O)(=O)O)c(N)c1/N=N/c1ccc(S(=O)(=O)O)c(/N=N/c2c(S(=O)(=O)O)cc3cc(S(=O)(=O)O)c(/N=N/c4ccc(S(=O)(=O)CCOS(=O)(=O)O)cc4S(=O)(=O)O)c(N)c3c2O)c1. The topological polar surface area (TPSA) is 665 Å². The first-order chi connectivity index (χ1) is 39.2. The normalized spacial score (nSPS) is 13.7. The van der Waals surface area contributed by atoms with Crippen LogP contribution in [0.2, 0.25) is 0 Å². The lowest BCUT2D eigenvalue weighted by Crippen LogP contribution is -2.16. The summed E-state index contributed by atoms with van der Waals surface area (Å²) >= 11 is 0. The van der Waals surface area contributed by atoms with Crippen LogP contribution in [0.1, 0.15) is 0 Å². The maximum absolute atomic E-state index is 12.8. The highest BCUT2D eigenvalue weighted by Crippen LogP contribution is 2.49. The van der Waals surface area contributed by atoms with Gasteiger partial charge in [0.1, 0.15) is 58.6 Å². The van der Waals surface area contributed by atoms with Gasteiger partial charge in [0, 0.05) is 0 Å². The number of aromatic hydroxyl groups is 1. The molecule has 0 spiro atoms. The molecule has 0 aliphatic heterocycles. The van der Waals surface area contributed by atoms with Crippen molar-refractivity contribution >= 4 is 164 Å². The van der Waals surface area contributed by atoms with Crippen LogP contribution in [-0.4, -0.2) is 137 Å². The highest BCUT2D eigenvalue weighted by molar-refractivity contribution is 7.92. The molecule has 6 aromatic rings. The Bertz CT molecular complexity index is 5030. The Morgan fingerprint density at radius 2 is 0.791 bits per heavy atom. The van der Waals surface area contributed by atoms with Gasteiger partial charge < -0.3 is 22.3 Å². The first kappa shape index (κ1) is 67.5. The first-order valence-electron chi connectivity index (χ1n) is 21.7. The lowest BCUT2D eigenvalue weighted by molar-refractivity contribution is 0.282. The number of fused-ring (bicyclic) bond motifs is 1. The van der Waals surface area contributed by atoms with Gasteiger partial charge >= 0.3 is 20.8 Å². The van der Waals surface area contributed by atoms with Crippen molar-refractivity contribution in [3.05, 3.63) is 78.9 Å². The van der Waals surface area contributed by atoms with E-state index in [9.17, 15) is 104 Å². The van der Waals surface area contributed by atoms with Crippen LogP contribution in [0.5, 0.6) is 5.75 Å². The van der Waals surface area contributed by atoms with Crippen LogP contribution in [0.15, 0.2) is 154 Å². The highest BCUT2D eigenvalue weighted by Gasteiger charge is 2.30. The molecule has 39 nitrogen and oxygen atoms in total. The van der Waals surface area contributed by atoms with Crippen molar-refractivity contribution in [1.82, 2.24) is 0 Å². The van der Waals surface area contributed by atoms with Crippen molar-refractivity contribution in [2.75, 3.05) is 41.9 Å². The summed E-state index contributed by atoms with van der Waals surface area (Å²) in [6.45, 7) is -2.14. The van der Waals surface area contributed by atoms with Crippen molar-refractivity contribution in [2.24, 2.45) is 40.9 Å². The predicted octanol–water partition coefficient (Wildman–Crippen LogP) is 4.37. The van der Waals surface area contributed by atoms with Gasteiger partial charge in [0.15, 0.2) is 25.4 Å². The second-order valence-electron chi connectivity index (χ2n) is 16.5. The zero-order chi connectivity index (χ0) is 64.7. The van der Waals surface area contributed by atoms with E-state index in [0.29, 0.717) is 42.5 Å². The van der Waals surface area contributed by atoms with Gasteiger partial charge in [-0.1, -0.05) is 0 Å². The predicted molar refractivity (Wildman–Crippen MR) is 290 cm³/mol. The molecule has 0 saturated carbocycles. The van der Waals surface area contributed by atoms with Crippen molar-refractivity contribution in [3.8, 4) is 5.75 Å². The number of rotatable bonds is 23. The summed E-state index contributed by atoms with van der Waals surface area (Å²) in [5.74, 6) is -3.62. The zero-order valence-corrected chi connectivity index (χ0v) is 48.9. The number of nitrogens with zero attached hydrogens (tertiary/aromatic N) is 8. The molecular weight excluding hydrogens is 1350 g/mol. The molecule has 0 atom stereocenters. The molecule has 0 bridgehead atoms. The second-order valence-corrected chi connectivity index (χ2v) is 29.8. The van der Waals surface area contributed by atoms with Gasteiger partial charge in [0.2, 0.25) is 0 Å². The second kappa shape index (κ2) is 24.3. The molecule has 86 heavy (non-hydrogen) atoms. The molecule has 0 heterocycles. The minimum absolute atomic E-state index is 0.137. The molecule has 0 amide bonds. The van der Waals surface area contributed by atoms with Gasteiger partial charge in [-0.25, -0.2) is 25.2 Å². The fourth-order valence-corrected chi connectivity index (χ4v) is 13.2. The van der Waals surface area contributed by atoms with E-state index in [0.717, 1.165) is 30.3 Å². The molecular formula is C38H35N11O28S9. The van der Waals surface area contributed by atoms with Gasteiger partial charge in [-0.05, 0) is 84.2 Å². The lowest BCUT2D eigenvalue weighted by Gasteiger charge is -2.14. The van der Waals surface area contributed by atoms with E-state index in [1.54, 1.807) is 0 Å². The molecule has 464 valence electrons. The number of phenols is 1. The zero-order valence-electron chi connectivity index (χ0n) is 41.6. The highest BCUT2D eigenvalue weighted by atomic mass is 32.3. The molecule has 0 aliphatic rings. The first-order valence-corrected chi connectivity index (χ1v) is 34.9. The fraction of sp³-hybridized carbons (Fsp3) is 0.105. The van der Waals surface area contributed by atoms with E-state index in [4.69, 9.17) is 26.3 Å². The number of nitrogens with two attached hydrogens (primary N) is 3. The monoisotopic (exact) mass is 1380 g/mol.